The number of nitrogens with zero attached hydrogens (tertiary/aromatic N) is 3. The number of anilines is 1. The van der Waals surface area contributed by atoms with E-state index in [2.05, 4.69) is 15.0 Å². The number of rotatable bonds is 4. The molecule has 3 aromatic heterocycles. The lowest BCUT2D eigenvalue weighted by molar-refractivity contribution is -0.122. The molecule has 6 rings (SSSR count). The summed E-state index contributed by atoms with van der Waals surface area (Å²) in [6, 6.07) is 8.98. The first kappa shape index (κ1) is 31.5. The number of H-pyrrole nitrogens is 1. The molecule has 0 amide bonds. The average molecular weight is 625 g/mol. The number of aromatic amines is 1. The Labute approximate surface area is 247 Å². The van der Waals surface area contributed by atoms with Crippen molar-refractivity contribution >= 4 is 56.8 Å². The molecule has 0 spiro atoms. The van der Waals surface area contributed by atoms with Crippen LogP contribution in [0.3, 0.4) is 0 Å². The van der Waals surface area contributed by atoms with Crippen molar-refractivity contribution in [3.05, 3.63) is 63.3 Å². The van der Waals surface area contributed by atoms with Crippen LogP contribution >= 0.6 is 11.6 Å². The van der Waals surface area contributed by atoms with Crippen LogP contribution in [0.15, 0.2) is 45.7 Å². The molecule has 2 saturated heterocycles. The number of hydrogen-bond donors (Lipinski definition) is 2. The van der Waals surface area contributed by atoms with E-state index in [1.165, 1.54) is 6.20 Å². The van der Waals surface area contributed by atoms with Crippen molar-refractivity contribution < 1.29 is 32.0 Å². The molecule has 14 heteroatoms. The van der Waals surface area contributed by atoms with Gasteiger partial charge in [-0.1, -0.05) is 30.7 Å². The van der Waals surface area contributed by atoms with E-state index in [9.17, 15) is 17.8 Å². The van der Waals surface area contributed by atoms with E-state index in [-0.39, 0.29) is 17.9 Å². The van der Waals surface area contributed by atoms with Crippen molar-refractivity contribution in [3.63, 3.8) is 0 Å². The SMILES string of the molecule is CO[C@]1(c2cc(Cl)c[nH]c2=O)CCS(=O)C[C@@H]1C.FC(F)c1nc(N2CCCC2)c2oc3ccccc3c2n1.O=CO. The number of carboxylic acid groups (broad SMARTS) is 1. The van der Waals surface area contributed by atoms with Gasteiger partial charge in [-0.2, -0.15) is 0 Å². The standard InChI is InChI=1S/C15H13F2N3O.C12H16ClNO3S.CH2O2/c16-13(17)14-18-11-9-5-1-2-6-10(9)21-12(11)15(19-14)20-7-3-4-8-20;1-8-7-18(16)4-3-12(8,17-2)10-5-9(13)6-14-11(10)15;2-1-3/h1-2,5-6,13H,3-4,7-8H2;5-6,8H,3-4,7H2,1-2H3,(H,14,15);1H,(H,2,3)/t;8-,12+,18?;/m.0./s1. The van der Waals surface area contributed by atoms with E-state index in [1.54, 1.807) is 13.2 Å². The Balaban J connectivity index is 0.000000179. The van der Waals surface area contributed by atoms with Crippen molar-refractivity contribution in [3.8, 4) is 0 Å². The number of methoxy groups -OCH3 is 1. The molecule has 1 aromatic carbocycles. The number of benzene rings is 1. The molecule has 3 atom stereocenters. The second-order valence-electron chi connectivity index (χ2n) is 9.90. The minimum atomic E-state index is -2.69. The van der Waals surface area contributed by atoms with Crippen LogP contribution in [0.25, 0.3) is 22.1 Å². The number of halogens is 3. The monoisotopic (exact) mass is 624 g/mol. The number of hydrogen-bond acceptors (Lipinski definition) is 8. The number of para-hydroxylation sites is 1. The van der Waals surface area contributed by atoms with Crippen molar-refractivity contribution in [1.29, 1.82) is 0 Å². The van der Waals surface area contributed by atoms with Gasteiger partial charge in [0, 0.05) is 60.0 Å². The Morgan fingerprint density at radius 1 is 1.29 bits per heavy atom. The highest BCUT2D eigenvalue weighted by Crippen LogP contribution is 2.39. The van der Waals surface area contributed by atoms with Gasteiger partial charge in [0.15, 0.2) is 17.2 Å². The van der Waals surface area contributed by atoms with E-state index in [0.29, 0.717) is 51.0 Å². The quantitative estimate of drug-likeness (QED) is 0.291. The van der Waals surface area contributed by atoms with Crippen molar-refractivity contribution in [1.82, 2.24) is 15.0 Å². The molecule has 0 radical (unpaired) electrons. The molecule has 42 heavy (non-hydrogen) atoms. The maximum Gasteiger partial charge on any atom is 0.297 e. The van der Waals surface area contributed by atoms with Gasteiger partial charge in [-0.3, -0.25) is 13.8 Å². The summed E-state index contributed by atoms with van der Waals surface area (Å²) < 4.78 is 49.3. The van der Waals surface area contributed by atoms with E-state index in [1.807, 2.05) is 36.1 Å². The van der Waals surface area contributed by atoms with Gasteiger partial charge in [-0.15, -0.1) is 0 Å². The van der Waals surface area contributed by atoms with Crippen LogP contribution in [0.1, 0.15) is 44.0 Å². The molecule has 2 fully saturated rings. The lowest BCUT2D eigenvalue weighted by Gasteiger charge is -2.40. The highest BCUT2D eigenvalue weighted by atomic mass is 35.5. The molecule has 0 bridgehead atoms. The molecule has 10 nitrogen and oxygen atoms in total. The highest BCUT2D eigenvalue weighted by molar-refractivity contribution is 7.85. The predicted octanol–water partition coefficient (Wildman–Crippen LogP) is 5.27. The number of aromatic nitrogens is 3. The first-order valence-electron chi connectivity index (χ1n) is 13.2. The van der Waals surface area contributed by atoms with Crippen LogP contribution in [-0.4, -0.2) is 62.4 Å². The molecular weight excluding hydrogens is 594 g/mol. The van der Waals surface area contributed by atoms with Crippen molar-refractivity contribution in [2.45, 2.75) is 38.2 Å². The number of ether oxygens (including phenoxy) is 1. The third-order valence-electron chi connectivity index (χ3n) is 7.44. The summed E-state index contributed by atoms with van der Waals surface area (Å²) in [7, 11) is 0.759. The fraction of sp³-hybridized carbons (Fsp3) is 0.429. The third kappa shape index (κ3) is 6.47. The van der Waals surface area contributed by atoms with Gasteiger partial charge in [-0.05, 0) is 37.5 Å². The van der Waals surface area contributed by atoms with Gasteiger partial charge in [0.2, 0.25) is 0 Å². The first-order valence-corrected chi connectivity index (χ1v) is 15.1. The molecule has 0 aliphatic carbocycles. The Morgan fingerprint density at radius 3 is 2.62 bits per heavy atom. The van der Waals surface area contributed by atoms with Gasteiger partial charge in [0.1, 0.15) is 16.7 Å². The van der Waals surface area contributed by atoms with Crippen LogP contribution < -0.4 is 10.5 Å². The molecule has 2 aliphatic rings. The molecule has 4 aromatic rings. The normalized spacial score (nSPS) is 22.0. The minimum Gasteiger partial charge on any atom is -0.483 e. The Hall–Kier alpha value is -3.42. The minimum absolute atomic E-state index is 0.0108. The topological polar surface area (TPSA) is 139 Å². The molecule has 5 heterocycles. The molecule has 1 unspecified atom stereocenters. The Bertz CT molecular complexity index is 1630. The van der Waals surface area contributed by atoms with Crippen molar-refractivity contribution in [2.24, 2.45) is 5.92 Å². The smallest absolute Gasteiger partial charge is 0.297 e. The third-order valence-corrected chi connectivity index (χ3v) is 9.19. The van der Waals surface area contributed by atoms with Gasteiger partial charge in [0.25, 0.3) is 18.5 Å². The van der Waals surface area contributed by atoms with Gasteiger partial charge < -0.3 is 24.1 Å². The maximum absolute atomic E-state index is 13.1. The largest absolute Gasteiger partial charge is 0.483 e. The number of alkyl halides is 2. The number of nitrogens with one attached hydrogen (secondary N) is 1. The molecule has 0 saturated carbocycles. The molecule has 226 valence electrons. The lowest BCUT2D eigenvalue weighted by atomic mass is 9.81. The van der Waals surface area contributed by atoms with Crippen LogP contribution in [0.5, 0.6) is 0 Å². The fourth-order valence-corrected chi connectivity index (χ4v) is 7.12. The van der Waals surface area contributed by atoms with E-state index >= 15 is 0 Å². The highest BCUT2D eigenvalue weighted by Gasteiger charge is 2.44. The van der Waals surface area contributed by atoms with E-state index in [0.717, 1.165) is 31.3 Å². The number of pyridine rings is 1. The summed E-state index contributed by atoms with van der Waals surface area (Å²) in [6.07, 6.45) is 1.42. The molecule has 2 N–H and O–H groups in total. The molecular formula is C28H31ClF2N4O6S. The Morgan fingerprint density at radius 2 is 1.98 bits per heavy atom. The zero-order chi connectivity index (χ0) is 30.4. The van der Waals surface area contributed by atoms with Crippen LogP contribution in [0.4, 0.5) is 14.6 Å². The fourth-order valence-electron chi connectivity index (χ4n) is 5.43. The van der Waals surface area contributed by atoms with Gasteiger partial charge in [-0.25, -0.2) is 18.7 Å². The summed E-state index contributed by atoms with van der Waals surface area (Å²) in [4.78, 5) is 33.0. The van der Waals surface area contributed by atoms with Crippen LogP contribution in [0, 0.1) is 5.92 Å². The first-order chi connectivity index (χ1) is 20.1. The number of carbonyl (C=O) groups is 1. The van der Waals surface area contributed by atoms with E-state index < -0.39 is 28.7 Å². The Kier molecular flexibility index (Phi) is 10.3. The summed E-state index contributed by atoms with van der Waals surface area (Å²) in [5.41, 5.74) is 1.27. The van der Waals surface area contributed by atoms with Crippen LogP contribution in [0.2, 0.25) is 5.02 Å². The molecule has 2 aliphatic heterocycles. The zero-order valence-electron chi connectivity index (χ0n) is 23.0. The summed E-state index contributed by atoms with van der Waals surface area (Å²) in [5, 5.41) is 8.11. The predicted molar refractivity (Wildman–Crippen MR) is 157 cm³/mol. The van der Waals surface area contributed by atoms with Gasteiger partial charge in [0.05, 0.1) is 10.6 Å². The summed E-state index contributed by atoms with van der Waals surface area (Å²) in [6.45, 7) is 3.33. The second kappa shape index (κ2) is 13.7. The average Bonchev–Trinajstić information content (AvgIpc) is 3.64. The lowest BCUT2D eigenvalue weighted by Crippen LogP contribution is -2.47. The van der Waals surface area contributed by atoms with Crippen LogP contribution in [-0.2, 0) is 25.9 Å². The zero-order valence-corrected chi connectivity index (χ0v) is 24.6. The number of fused-ring (bicyclic) bond motifs is 3. The van der Waals surface area contributed by atoms with Gasteiger partial charge >= 0.3 is 0 Å². The van der Waals surface area contributed by atoms with Crippen molar-refractivity contribution in [2.75, 3.05) is 36.6 Å². The summed E-state index contributed by atoms with van der Waals surface area (Å²) in [5.74, 6) is 1.15. The second-order valence-corrected chi connectivity index (χ2v) is 12.0. The maximum atomic E-state index is 13.1. The summed E-state index contributed by atoms with van der Waals surface area (Å²) >= 11 is 5.95. The number of furan rings is 1. The van der Waals surface area contributed by atoms with E-state index in [4.69, 9.17) is 30.7 Å².